The minimum atomic E-state index is -2.08. The molecule has 0 spiro atoms. The van der Waals surface area contributed by atoms with Gasteiger partial charge < -0.3 is 30.0 Å². The van der Waals surface area contributed by atoms with E-state index in [1.807, 2.05) is 0 Å². The van der Waals surface area contributed by atoms with E-state index in [9.17, 15) is 0 Å². The van der Waals surface area contributed by atoms with E-state index in [0.717, 1.165) is 0 Å². The number of hydrogen-bond acceptors (Lipinski definition) is 5. The van der Waals surface area contributed by atoms with E-state index in [1.165, 1.54) is 0 Å². The van der Waals surface area contributed by atoms with Gasteiger partial charge in [0.15, 0.2) is 0 Å². The molecule has 0 aromatic heterocycles. The van der Waals surface area contributed by atoms with Crippen molar-refractivity contribution < 1.29 is 30.0 Å². The topological polar surface area (TPSA) is 116 Å². The summed E-state index contributed by atoms with van der Waals surface area (Å²) in [5.41, 5.74) is 0. The molecule has 0 fully saturated rings. The second-order valence-corrected chi connectivity index (χ2v) is 0.706. The summed E-state index contributed by atoms with van der Waals surface area (Å²) in [5, 5.41) is 33.5. The first-order valence-electron chi connectivity index (χ1n) is 1.79. The molecule has 0 amide bonds. The van der Waals surface area contributed by atoms with Crippen molar-refractivity contribution >= 4 is 23.5 Å². The summed E-state index contributed by atoms with van der Waals surface area (Å²) in [7, 11) is 0. The third-order valence-electron chi connectivity index (χ3n) is 0.167. The molecule has 0 rings (SSSR count). The molecule has 0 aromatic rings. The van der Waals surface area contributed by atoms with Crippen LogP contribution in [0.5, 0.6) is 0 Å². The quantitative estimate of drug-likeness (QED) is 0.330. The van der Waals surface area contributed by atoms with Gasteiger partial charge in [0.25, 0.3) is 0 Å². The predicted molar refractivity (Wildman–Crippen MR) is 24.6 cm³/mol. The van der Waals surface area contributed by atoms with Crippen molar-refractivity contribution in [3.05, 3.63) is 0 Å². The van der Waals surface area contributed by atoms with Crippen LogP contribution in [0.15, 0.2) is 0 Å². The summed E-state index contributed by atoms with van der Waals surface area (Å²) in [6.07, 6.45) is -2.08. The minimum absolute atomic E-state index is 0. The van der Waals surface area contributed by atoms with Gasteiger partial charge in [0.1, 0.15) is 0 Å². The van der Waals surface area contributed by atoms with Crippen LogP contribution in [0, 0.1) is 0 Å². The van der Waals surface area contributed by atoms with Gasteiger partial charge in [-0.2, -0.15) is 0 Å². The van der Waals surface area contributed by atoms with Crippen molar-refractivity contribution in [3.63, 3.8) is 0 Å². The van der Waals surface area contributed by atoms with Gasteiger partial charge in [0, 0.05) is 0 Å². The Hall–Kier alpha value is -0.318. The van der Waals surface area contributed by atoms with Crippen LogP contribution in [0.2, 0.25) is 0 Å². The summed E-state index contributed by atoms with van der Waals surface area (Å²) < 4.78 is 3.72. The van der Waals surface area contributed by atoms with E-state index >= 15 is 0 Å². The average Bonchev–Trinajstić information content (AvgIpc) is 1.66. The smallest absolute Gasteiger partial charge is 0.834 e. The maximum atomic E-state index is 9.11. The molecular formula is C3H5AlO6. The zero-order valence-electron chi connectivity index (χ0n) is 4.98. The first kappa shape index (κ1) is 16.3. The number of carboxylic acid groups (broad SMARTS) is 2. The van der Waals surface area contributed by atoms with Crippen LogP contribution in [0.3, 0.4) is 0 Å². The zero-order chi connectivity index (χ0) is 7.70. The Morgan fingerprint density at radius 3 is 1.60 bits per heavy atom. The largest absolute Gasteiger partial charge is 3.00 e. The van der Waals surface area contributed by atoms with Gasteiger partial charge in [-0.1, -0.05) is 0 Å². The van der Waals surface area contributed by atoms with Gasteiger partial charge in [-0.3, -0.25) is 0 Å². The second-order valence-electron chi connectivity index (χ2n) is 0.706. The molecule has 0 atom stereocenters. The third-order valence-corrected chi connectivity index (χ3v) is 0.167. The summed E-state index contributed by atoms with van der Waals surface area (Å²) in [4.78, 5) is 8.44. The van der Waals surface area contributed by atoms with Gasteiger partial charge >= 0.3 is 17.4 Å². The predicted octanol–water partition coefficient (Wildman–Crippen LogP) is -3.85. The molecule has 7 heteroatoms. The van der Waals surface area contributed by atoms with Crippen molar-refractivity contribution in [3.8, 4) is 0 Å². The Morgan fingerprint density at radius 2 is 1.60 bits per heavy atom. The standard InChI is InChI=1S/C2H4O3.CH2O3.Al/c3-1-5-2-4;2-1(3)4;/h1-2H2;(H2,2,3,4);/q-2;;+3/p-1. The molecule has 6 nitrogen and oxygen atoms in total. The van der Waals surface area contributed by atoms with Crippen LogP contribution in [0.4, 0.5) is 4.79 Å². The molecule has 0 aliphatic heterocycles. The Balaban J connectivity index is -0.0000000910. The molecule has 0 aromatic carbocycles. The number of hydrogen-bond donors (Lipinski definition) is 1. The molecule has 0 saturated heterocycles. The molecule has 0 heterocycles. The fourth-order valence-corrected chi connectivity index (χ4v) is 0.0340. The molecule has 0 bridgehead atoms. The normalized spacial score (nSPS) is 6.60. The number of carbonyl (C=O) groups is 1. The average molecular weight is 164 g/mol. The van der Waals surface area contributed by atoms with Gasteiger partial charge in [-0.25, -0.2) is 0 Å². The van der Waals surface area contributed by atoms with Crippen LogP contribution >= 0.6 is 0 Å². The van der Waals surface area contributed by atoms with Crippen molar-refractivity contribution in [2.75, 3.05) is 13.6 Å². The van der Waals surface area contributed by atoms with E-state index in [2.05, 4.69) is 4.74 Å². The molecule has 0 radical (unpaired) electrons. The Kier molecular flexibility index (Phi) is 25.9. The summed E-state index contributed by atoms with van der Waals surface area (Å²) in [6.45, 7) is -1.44. The van der Waals surface area contributed by atoms with Crippen LogP contribution in [0.25, 0.3) is 0 Å². The van der Waals surface area contributed by atoms with Crippen LogP contribution in [-0.4, -0.2) is 42.2 Å². The zero-order valence-corrected chi connectivity index (χ0v) is 6.13. The molecule has 56 valence electrons. The van der Waals surface area contributed by atoms with E-state index in [1.54, 1.807) is 0 Å². The number of rotatable bonds is 2. The van der Waals surface area contributed by atoms with E-state index in [4.69, 9.17) is 25.2 Å². The first-order chi connectivity index (χ1) is 4.15. The monoisotopic (exact) mass is 164 g/mol. The molecule has 0 saturated carbocycles. The molecular weight excluding hydrogens is 159 g/mol. The Labute approximate surface area is 67.8 Å². The maximum Gasteiger partial charge on any atom is 3.00 e. The van der Waals surface area contributed by atoms with Crippen LogP contribution < -0.4 is 15.3 Å². The van der Waals surface area contributed by atoms with E-state index in [-0.39, 0.29) is 17.4 Å². The SMILES string of the molecule is O=C([O-])O.[Al+3].[O-]COC[O-]. The summed E-state index contributed by atoms with van der Waals surface area (Å²) >= 11 is 0. The second kappa shape index (κ2) is 15.9. The number of ether oxygens (including phenoxy) is 1. The third kappa shape index (κ3) is 121. The molecule has 0 aliphatic carbocycles. The summed E-state index contributed by atoms with van der Waals surface area (Å²) in [5.74, 6) is 0. The van der Waals surface area contributed by atoms with Gasteiger partial charge in [-0.05, 0) is 13.6 Å². The van der Waals surface area contributed by atoms with E-state index < -0.39 is 19.7 Å². The van der Waals surface area contributed by atoms with E-state index in [0.29, 0.717) is 0 Å². The van der Waals surface area contributed by atoms with Crippen molar-refractivity contribution in [1.29, 1.82) is 0 Å². The van der Waals surface area contributed by atoms with Crippen molar-refractivity contribution in [2.24, 2.45) is 0 Å². The van der Waals surface area contributed by atoms with Crippen LogP contribution in [-0.2, 0) is 4.74 Å². The molecule has 10 heavy (non-hydrogen) atoms. The Morgan fingerprint density at radius 1 is 1.40 bits per heavy atom. The molecule has 0 unspecified atom stereocenters. The maximum absolute atomic E-state index is 9.11. The van der Waals surface area contributed by atoms with Gasteiger partial charge in [0.05, 0.1) is 0 Å². The molecule has 0 aliphatic rings. The minimum Gasteiger partial charge on any atom is -0.834 e. The fourth-order valence-electron chi connectivity index (χ4n) is 0.0340. The van der Waals surface area contributed by atoms with Crippen molar-refractivity contribution in [2.45, 2.75) is 0 Å². The fraction of sp³-hybridized carbons (Fsp3) is 0.667. The first-order valence-corrected chi connectivity index (χ1v) is 1.79. The molecule has 1 N–H and O–H groups in total. The Bertz CT molecular complexity index is 60.0. The summed E-state index contributed by atoms with van der Waals surface area (Å²) in [6, 6.07) is 0. The van der Waals surface area contributed by atoms with Crippen molar-refractivity contribution in [1.82, 2.24) is 0 Å². The van der Waals surface area contributed by atoms with Gasteiger partial charge in [-0.15, -0.1) is 0 Å². The van der Waals surface area contributed by atoms with Gasteiger partial charge in [0.2, 0.25) is 6.16 Å². The van der Waals surface area contributed by atoms with Crippen LogP contribution in [0.1, 0.15) is 0 Å².